The van der Waals surface area contributed by atoms with Gasteiger partial charge in [-0.1, -0.05) is 24.3 Å². The van der Waals surface area contributed by atoms with E-state index in [1.54, 1.807) is 0 Å². The lowest BCUT2D eigenvalue weighted by Gasteiger charge is -2.32. The molecule has 4 nitrogen and oxygen atoms in total. The summed E-state index contributed by atoms with van der Waals surface area (Å²) in [4.78, 5) is 7.35. The normalized spacial score (nSPS) is 17.5. The molecule has 21 heavy (non-hydrogen) atoms. The Labute approximate surface area is 129 Å². The van der Waals surface area contributed by atoms with Crippen molar-refractivity contribution in [1.29, 1.82) is 0 Å². The maximum atomic E-state index is 9.05. The fourth-order valence-corrected chi connectivity index (χ4v) is 2.78. The van der Waals surface area contributed by atoms with Gasteiger partial charge in [-0.3, -0.25) is 0 Å². The molecule has 0 bridgehead atoms. The number of hydrogen-bond acceptors (Lipinski definition) is 4. The van der Waals surface area contributed by atoms with Gasteiger partial charge in [-0.2, -0.15) is 0 Å². The average Bonchev–Trinajstić information content (AvgIpc) is 2.50. The second-order valence-electron chi connectivity index (χ2n) is 6.21. The molecule has 1 fully saturated rings. The maximum Gasteiger partial charge on any atom is 0.0681 e. The van der Waals surface area contributed by atoms with Crippen LogP contribution in [0.25, 0.3) is 0 Å². The standard InChI is InChI=1S/C17H29N3O/c1-18-10-12-20(13-11-18)9-3-8-19(2)14-16-4-6-17(15-21)7-5-16/h4-7,21H,3,8-15H2,1-2H3. The van der Waals surface area contributed by atoms with E-state index in [0.717, 1.165) is 18.7 Å². The van der Waals surface area contributed by atoms with Crippen LogP contribution in [0.3, 0.4) is 0 Å². The predicted octanol–water partition coefficient (Wildman–Crippen LogP) is 1.25. The lowest BCUT2D eigenvalue weighted by molar-refractivity contribution is 0.147. The molecule has 1 saturated heterocycles. The van der Waals surface area contributed by atoms with E-state index in [0.29, 0.717) is 0 Å². The van der Waals surface area contributed by atoms with Gasteiger partial charge in [-0.25, -0.2) is 0 Å². The fraction of sp³-hybridized carbons (Fsp3) is 0.647. The van der Waals surface area contributed by atoms with Gasteiger partial charge in [-0.15, -0.1) is 0 Å². The number of benzene rings is 1. The largest absolute Gasteiger partial charge is 0.392 e. The van der Waals surface area contributed by atoms with Crippen LogP contribution in [0.15, 0.2) is 24.3 Å². The molecule has 0 atom stereocenters. The molecule has 1 heterocycles. The molecule has 4 heteroatoms. The Balaban J connectivity index is 1.63. The summed E-state index contributed by atoms with van der Waals surface area (Å²) in [5.74, 6) is 0. The van der Waals surface area contributed by atoms with Gasteiger partial charge in [-0.05, 0) is 44.7 Å². The molecule has 118 valence electrons. The fourth-order valence-electron chi connectivity index (χ4n) is 2.78. The van der Waals surface area contributed by atoms with Crippen molar-refractivity contribution in [2.24, 2.45) is 0 Å². The highest BCUT2D eigenvalue weighted by atomic mass is 16.3. The van der Waals surface area contributed by atoms with Gasteiger partial charge < -0.3 is 19.8 Å². The molecule has 0 aromatic heterocycles. The summed E-state index contributed by atoms with van der Waals surface area (Å²) in [6, 6.07) is 8.24. The first-order valence-electron chi connectivity index (χ1n) is 7.95. The minimum absolute atomic E-state index is 0.126. The maximum absolute atomic E-state index is 9.05. The van der Waals surface area contributed by atoms with Gasteiger partial charge in [0.2, 0.25) is 0 Å². The zero-order valence-electron chi connectivity index (χ0n) is 13.5. The average molecular weight is 291 g/mol. The third kappa shape index (κ3) is 5.75. The van der Waals surface area contributed by atoms with Gasteiger partial charge in [0.05, 0.1) is 6.61 Å². The summed E-state index contributed by atoms with van der Waals surface area (Å²) < 4.78 is 0. The Bertz CT molecular complexity index is 399. The third-order valence-corrected chi connectivity index (χ3v) is 4.27. The van der Waals surface area contributed by atoms with E-state index in [1.807, 2.05) is 12.1 Å². The van der Waals surface area contributed by atoms with Crippen LogP contribution in [0, 0.1) is 0 Å². The number of piperazine rings is 1. The van der Waals surface area contributed by atoms with Crippen LogP contribution in [-0.2, 0) is 13.2 Å². The lowest BCUT2D eigenvalue weighted by atomic mass is 10.1. The van der Waals surface area contributed by atoms with Crippen molar-refractivity contribution in [3.05, 3.63) is 35.4 Å². The highest BCUT2D eigenvalue weighted by Gasteiger charge is 2.13. The highest BCUT2D eigenvalue weighted by Crippen LogP contribution is 2.07. The zero-order valence-corrected chi connectivity index (χ0v) is 13.5. The van der Waals surface area contributed by atoms with Crippen molar-refractivity contribution >= 4 is 0 Å². The molecule has 1 aliphatic heterocycles. The van der Waals surface area contributed by atoms with Crippen molar-refractivity contribution in [2.45, 2.75) is 19.6 Å². The van der Waals surface area contributed by atoms with Crippen LogP contribution in [0.4, 0.5) is 0 Å². The quantitative estimate of drug-likeness (QED) is 0.819. The summed E-state index contributed by atoms with van der Waals surface area (Å²) in [5, 5.41) is 9.05. The topological polar surface area (TPSA) is 30.0 Å². The second kappa shape index (κ2) is 8.49. The van der Waals surface area contributed by atoms with E-state index in [4.69, 9.17) is 5.11 Å². The van der Waals surface area contributed by atoms with E-state index < -0.39 is 0 Å². The van der Waals surface area contributed by atoms with Crippen molar-refractivity contribution in [3.63, 3.8) is 0 Å². The molecule has 1 aromatic carbocycles. The third-order valence-electron chi connectivity index (χ3n) is 4.27. The molecule has 0 aliphatic carbocycles. The Hall–Kier alpha value is -0.940. The first-order chi connectivity index (χ1) is 10.2. The Morgan fingerprint density at radius 1 is 1.05 bits per heavy atom. The van der Waals surface area contributed by atoms with E-state index in [2.05, 4.69) is 40.9 Å². The Morgan fingerprint density at radius 3 is 2.29 bits per heavy atom. The monoisotopic (exact) mass is 291 g/mol. The van der Waals surface area contributed by atoms with Crippen LogP contribution >= 0.6 is 0 Å². The van der Waals surface area contributed by atoms with E-state index in [9.17, 15) is 0 Å². The van der Waals surface area contributed by atoms with E-state index in [-0.39, 0.29) is 6.61 Å². The Kier molecular flexibility index (Phi) is 6.64. The van der Waals surface area contributed by atoms with E-state index in [1.165, 1.54) is 44.7 Å². The zero-order chi connectivity index (χ0) is 15.1. The van der Waals surface area contributed by atoms with Crippen LogP contribution in [0.1, 0.15) is 17.5 Å². The first kappa shape index (κ1) is 16.4. The highest BCUT2D eigenvalue weighted by molar-refractivity contribution is 5.21. The number of aliphatic hydroxyl groups excluding tert-OH is 1. The van der Waals surface area contributed by atoms with Crippen LogP contribution in [-0.4, -0.2) is 73.2 Å². The first-order valence-corrected chi connectivity index (χ1v) is 7.95. The lowest BCUT2D eigenvalue weighted by Crippen LogP contribution is -2.45. The molecular formula is C17H29N3O. The smallest absolute Gasteiger partial charge is 0.0681 e. The SMILES string of the molecule is CN1CCN(CCCN(C)Cc2ccc(CO)cc2)CC1. The Morgan fingerprint density at radius 2 is 1.67 bits per heavy atom. The summed E-state index contributed by atoms with van der Waals surface area (Å²) >= 11 is 0. The van der Waals surface area contributed by atoms with Gasteiger partial charge in [0.1, 0.15) is 0 Å². The second-order valence-corrected chi connectivity index (χ2v) is 6.21. The summed E-state index contributed by atoms with van der Waals surface area (Å²) in [5.41, 5.74) is 2.30. The number of aliphatic hydroxyl groups is 1. The van der Waals surface area contributed by atoms with Crippen molar-refractivity contribution in [3.8, 4) is 0 Å². The summed E-state index contributed by atoms with van der Waals surface area (Å²) in [6.07, 6.45) is 1.23. The van der Waals surface area contributed by atoms with Crippen LogP contribution < -0.4 is 0 Å². The molecule has 0 spiro atoms. The van der Waals surface area contributed by atoms with Crippen molar-refractivity contribution < 1.29 is 5.11 Å². The number of rotatable bonds is 7. The van der Waals surface area contributed by atoms with Gasteiger partial charge >= 0.3 is 0 Å². The summed E-state index contributed by atoms with van der Waals surface area (Å²) in [6.45, 7) is 8.27. The minimum Gasteiger partial charge on any atom is -0.392 e. The van der Waals surface area contributed by atoms with Crippen LogP contribution in [0.2, 0.25) is 0 Å². The molecule has 1 N–H and O–H groups in total. The van der Waals surface area contributed by atoms with Gasteiger partial charge in [0, 0.05) is 32.7 Å². The molecule has 0 amide bonds. The van der Waals surface area contributed by atoms with Crippen molar-refractivity contribution in [2.75, 3.05) is 53.4 Å². The molecule has 2 rings (SSSR count). The molecule has 0 saturated carbocycles. The van der Waals surface area contributed by atoms with Crippen LogP contribution in [0.5, 0.6) is 0 Å². The molecule has 1 aliphatic rings. The van der Waals surface area contributed by atoms with Gasteiger partial charge in [0.15, 0.2) is 0 Å². The molecule has 0 unspecified atom stereocenters. The number of hydrogen-bond donors (Lipinski definition) is 1. The predicted molar refractivity (Wildman–Crippen MR) is 87.3 cm³/mol. The number of likely N-dealkylation sites (N-methyl/N-ethyl adjacent to an activating group) is 1. The molecule has 0 radical (unpaired) electrons. The van der Waals surface area contributed by atoms with E-state index >= 15 is 0 Å². The molecule has 1 aromatic rings. The number of nitrogens with zero attached hydrogens (tertiary/aromatic N) is 3. The summed E-state index contributed by atoms with van der Waals surface area (Å²) in [7, 11) is 4.39. The van der Waals surface area contributed by atoms with Crippen molar-refractivity contribution in [1.82, 2.24) is 14.7 Å². The molecular weight excluding hydrogens is 262 g/mol. The minimum atomic E-state index is 0.126. The van der Waals surface area contributed by atoms with Gasteiger partial charge in [0.25, 0.3) is 0 Å².